The average molecular weight is 235 g/mol. The van der Waals surface area contributed by atoms with Gasteiger partial charge in [0, 0.05) is 12.3 Å². The largest absolute Gasteiger partial charge is 0.492 e. The summed E-state index contributed by atoms with van der Waals surface area (Å²) in [6, 6.07) is 0. The van der Waals surface area contributed by atoms with E-state index in [0.29, 0.717) is 0 Å². The molecule has 0 radical (unpaired) electrons. The van der Waals surface area contributed by atoms with Crippen LogP contribution >= 0.6 is 35.3 Å². The Labute approximate surface area is 92.0 Å². The molecule has 1 rings (SSSR count). The maximum atomic E-state index is 5.36. The Morgan fingerprint density at radius 3 is 2.69 bits per heavy atom. The highest BCUT2D eigenvalue weighted by molar-refractivity contribution is 8.22. The van der Waals surface area contributed by atoms with Gasteiger partial charge in [-0.3, -0.25) is 4.99 Å². The maximum absolute atomic E-state index is 5.36. The van der Waals surface area contributed by atoms with E-state index in [1.807, 2.05) is 18.0 Å². The Morgan fingerprint density at radius 1 is 1.38 bits per heavy atom. The van der Waals surface area contributed by atoms with Gasteiger partial charge in [-0.05, 0) is 12.5 Å². The molecule has 74 valence electrons. The van der Waals surface area contributed by atoms with E-state index in [2.05, 4.69) is 11.2 Å². The molecule has 0 amide bonds. The molecule has 0 saturated heterocycles. The standard InChI is InChI=1S/C8H13NOS3/c1-10-6-7(11-2)9-4-5-13-8(6)12-3/h4-5H2,1-3H3. The third-order valence-corrected chi connectivity index (χ3v) is 4.49. The molecule has 0 aromatic carbocycles. The van der Waals surface area contributed by atoms with Gasteiger partial charge in [-0.1, -0.05) is 0 Å². The maximum Gasteiger partial charge on any atom is 0.170 e. The number of ether oxygens (including phenoxy) is 1. The van der Waals surface area contributed by atoms with Crippen molar-refractivity contribution in [1.82, 2.24) is 0 Å². The summed E-state index contributed by atoms with van der Waals surface area (Å²) < 4.78 is 6.61. The molecule has 1 heterocycles. The van der Waals surface area contributed by atoms with Crippen LogP contribution in [0.2, 0.25) is 0 Å². The SMILES string of the molecule is COC1=C(SC)SCCN=C1SC. The number of thioether (sulfide) groups is 3. The summed E-state index contributed by atoms with van der Waals surface area (Å²) >= 11 is 5.21. The Kier molecular flexibility index (Phi) is 5.13. The van der Waals surface area contributed by atoms with Crippen molar-refractivity contribution in [2.75, 3.05) is 31.9 Å². The van der Waals surface area contributed by atoms with Crippen molar-refractivity contribution in [2.24, 2.45) is 4.99 Å². The highest BCUT2D eigenvalue weighted by Gasteiger charge is 2.16. The Morgan fingerprint density at radius 2 is 2.15 bits per heavy atom. The fraction of sp³-hybridized carbons (Fsp3) is 0.625. The second kappa shape index (κ2) is 5.88. The van der Waals surface area contributed by atoms with Crippen molar-refractivity contribution in [1.29, 1.82) is 0 Å². The molecule has 2 nitrogen and oxygen atoms in total. The molecule has 0 aliphatic carbocycles. The first-order chi connectivity index (χ1) is 6.33. The van der Waals surface area contributed by atoms with Gasteiger partial charge in [-0.2, -0.15) is 0 Å². The van der Waals surface area contributed by atoms with E-state index in [1.54, 1.807) is 30.6 Å². The van der Waals surface area contributed by atoms with Gasteiger partial charge in [0.25, 0.3) is 0 Å². The summed E-state index contributed by atoms with van der Waals surface area (Å²) in [6.45, 7) is 0.887. The number of hydrogen-bond acceptors (Lipinski definition) is 5. The monoisotopic (exact) mass is 235 g/mol. The zero-order valence-electron chi connectivity index (χ0n) is 7.99. The lowest BCUT2D eigenvalue weighted by molar-refractivity contribution is 0.317. The second-order valence-corrected chi connectivity index (χ2v) is 5.24. The summed E-state index contributed by atoms with van der Waals surface area (Å²) in [5.74, 6) is 2.00. The molecule has 13 heavy (non-hydrogen) atoms. The van der Waals surface area contributed by atoms with Crippen LogP contribution in [0.4, 0.5) is 0 Å². The molecule has 1 aliphatic heterocycles. The van der Waals surface area contributed by atoms with Crippen molar-refractivity contribution >= 4 is 40.3 Å². The van der Waals surface area contributed by atoms with E-state index >= 15 is 0 Å². The molecule has 0 aromatic rings. The zero-order valence-corrected chi connectivity index (χ0v) is 10.4. The number of rotatable bonds is 2. The molecular weight excluding hydrogens is 222 g/mol. The smallest absolute Gasteiger partial charge is 0.170 e. The van der Waals surface area contributed by atoms with E-state index in [-0.39, 0.29) is 0 Å². The molecule has 0 atom stereocenters. The van der Waals surface area contributed by atoms with E-state index in [9.17, 15) is 0 Å². The van der Waals surface area contributed by atoms with Crippen LogP contribution in [-0.4, -0.2) is 37.0 Å². The minimum atomic E-state index is 0.887. The first-order valence-corrected chi connectivity index (χ1v) is 7.30. The third kappa shape index (κ3) is 2.86. The minimum Gasteiger partial charge on any atom is -0.492 e. The first kappa shape index (κ1) is 11.3. The quantitative estimate of drug-likeness (QED) is 0.733. The van der Waals surface area contributed by atoms with Gasteiger partial charge in [-0.25, -0.2) is 0 Å². The van der Waals surface area contributed by atoms with E-state index in [4.69, 9.17) is 4.74 Å². The highest BCUT2D eigenvalue weighted by atomic mass is 32.2. The molecule has 5 heteroatoms. The lowest BCUT2D eigenvalue weighted by atomic mass is 10.6. The van der Waals surface area contributed by atoms with Gasteiger partial charge in [0.05, 0.1) is 11.3 Å². The fourth-order valence-electron chi connectivity index (χ4n) is 0.990. The molecule has 0 saturated carbocycles. The van der Waals surface area contributed by atoms with Crippen molar-refractivity contribution in [3.63, 3.8) is 0 Å². The molecule has 0 spiro atoms. The molecule has 1 aliphatic rings. The van der Waals surface area contributed by atoms with Crippen molar-refractivity contribution in [2.45, 2.75) is 0 Å². The highest BCUT2D eigenvalue weighted by Crippen LogP contribution is 2.34. The first-order valence-electron chi connectivity index (χ1n) is 3.87. The van der Waals surface area contributed by atoms with Gasteiger partial charge in [0.2, 0.25) is 0 Å². The number of methoxy groups -OCH3 is 1. The van der Waals surface area contributed by atoms with Crippen LogP contribution in [0.25, 0.3) is 0 Å². The molecule has 0 bridgehead atoms. The van der Waals surface area contributed by atoms with Crippen LogP contribution in [0.5, 0.6) is 0 Å². The summed E-state index contributed by atoms with van der Waals surface area (Å²) in [5.41, 5.74) is 0. The Balaban J connectivity index is 2.96. The molecule has 0 fully saturated rings. The van der Waals surface area contributed by atoms with E-state index < -0.39 is 0 Å². The second-order valence-electron chi connectivity index (χ2n) is 2.26. The lowest BCUT2D eigenvalue weighted by Gasteiger charge is -2.09. The minimum absolute atomic E-state index is 0.887. The summed E-state index contributed by atoms with van der Waals surface area (Å²) in [4.78, 5) is 4.45. The molecular formula is C8H13NOS3. The van der Waals surface area contributed by atoms with Crippen LogP contribution in [0.1, 0.15) is 0 Å². The third-order valence-electron chi connectivity index (χ3n) is 1.54. The topological polar surface area (TPSA) is 21.6 Å². The fourth-order valence-corrected chi connectivity index (χ4v) is 3.48. The van der Waals surface area contributed by atoms with Crippen molar-refractivity contribution in [3.05, 3.63) is 10.00 Å². The molecule has 0 aromatic heterocycles. The van der Waals surface area contributed by atoms with Crippen LogP contribution in [0.15, 0.2) is 15.0 Å². The normalized spacial score (nSPS) is 18.2. The van der Waals surface area contributed by atoms with Crippen molar-refractivity contribution in [3.8, 4) is 0 Å². The number of nitrogens with zero attached hydrogens (tertiary/aromatic N) is 1. The summed E-state index contributed by atoms with van der Waals surface area (Å²) in [6.07, 6.45) is 4.11. The van der Waals surface area contributed by atoms with Crippen molar-refractivity contribution < 1.29 is 4.74 Å². The summed E-state index contributed by atoms with van der Waals surface area (Å²) in [7, 11) is 1.71. The van der Waals surface area contributed by atoms with Gasteiger partial charge < -0.3 is 4.74 Å². The van der Waals surface area contributed by atoms with Crippen LogP contribution in [0, 0.1) is 0 Å². The Bertz CT molecular complexity index is 238. The predicted octanol–water partition coefficient (Wildman–Crippen LogP) is 2.67. The predicted molar refractivity (Wildman–Crippen MR) is 65.8 cm³/mol. The molecule has 0 N–H and O–H groups in total. The van der Waals surface area contributed by atoms with Gasteiger partial charge >= 0.3 is 0 Å². The lowest BCUT2D eigenvalue weighted by Crippen LogP contribution is -2.01. The van der Waals surface area contributed by atoms with Gasteiger partial charge in [-0.15, -0.1) is 35.3 Å². The van der Waals surface area contributed by atoms with Gasteiger partial charge in [0.15, 0.2) is 5.76 Å². The number of hydrogen-bond donors (Lipinski definition) is 0. The van der Waals surface area contributed by atoms with Gasteiger partial charge in [0.1, 0.15) is 5.04 Å². The van der Waals surface area contributed by atoms with Crippen LogP contribution in [0.3, 0.4) is 0 Å². The summed E-state index contributed by atoms with van der Waals surface area (Å²) in [5, 5.41) is 1.02. The van der Waals surface area contributed by atoms with Crippen LogP contribution < -0.4 is 0 Å². The Hall–Kier alpha value is 0.260. The number of aliphatic imine (C=N–C) groups is 1. The molecule has 0 unspecified atom stereocenters. The zero-order chi connectivity index (χ0) is 9.68. The van der Waals surface area contributed by atoms with E-state index in [1.165, 1.54) is 4.24 Å². The van der Waals surface area contributed by atoms with Crippen LogP contribution in [-0.2, 0) is 4.74 Å². The van der Waals surface area contributed by atoms with E-state index in [0.717, 1.165) is 23.1 Å². The average Bonchev–Trinajstić information content (AvgIpc) is 2.37.